The predicted molar refractivity (Wildman–Crippen MR) is 243 cm³/mol. The van der Waals surface area contributed by atoms with E-state index in [0.717, 1.165) is 77.0 Å². The lowest BCUT2D eigenvalue weighted by molar-refractivity contribution is -0.167. The van der Waals surface area contributed by atoms with Gasteiger partial charge >= 0.3 is 17.9 Å². The Hall–Kier alpha value is -2.11. The highest BCUT2D eigenvalue weighted by Crippen LogP contribution is 2.16. The molecule has 0 aliphatic heterocycles. The van der Waals surface area contributed by atoms with Crippen LogP contribution < -0.4 is 0 Å². The molecule has 0 aromatic rings. The first-order chi connectivity index (χ1) is 28.0. The molecule has 1 unspecified atom stereocenters. The van der Waals surface area contributed by atoms with Crippen molar-refractivity contribution in [1.82, 2.24) is 0 Å². The maximum Gasteiger partial charge on any atom is 0.306 e. The summed E-state index contributed by atoms with van der Waals surface area (Å²) in [5.41, 5.74) is 0. The molecule has 0 aromatic heterocycles. The topological polar surface area (TPSA) is 78.9 Å². The molecule has 0 amide bonds. The van der Waals surface area contributed by atoms with E-state index >= 15 is 0 Å². The molecule has 0 aliphatic rings. The average Bonchev–Trinajstić information content (AvgIpc) is 3.21. The Labute approximate surface area is 353 Å². The van der Waals surface area contributed by atoms with Crippen LogP contribution in [-0.2, 0) is 28.6 Å². The summed E-state index contributed by atoms with van der Waals surface area (Å²) in [6.45, 7) is 6.54. The second-order valence-corrected chi connectivity index (χ2v) is 16.7. The molecule has 6 heteroatoms. The molecule has 0 spiro atoms. The second kappa shape index (κ2) is 46.6. The van der Waals surface area contributed by atoms with Gasteiger partial charge in [0.05, 0.1) is 0 Å². The summed E-state index contributed by atoms with van der Waals surface area (Å²) in [5, 5.41) is 0. The normalized spacial score (nSPS) is 12.1. The average molecular weight is 803 g/mol. The van der Waals surface area contributed by atoms with Crippen molar-refractivity contribution in [3.63, 3.8) is 0 Å². The van der Waals surface area contributed by atoms with Crippen LogP contribution in [0.25, 0.3) is 0 Å². The lowest BCUT2D eigenvalue weighted by Gasteiger charge is -2.18. The SMILES string of the molecule is CC/C=C\C/C=C\CCCCCCCCCC(=O)OCC(COC(=O)CCCCCCCCCCCCC)OC(=O)CCCCCCCCCCCCCCCC. The number of hydrogen-bond donors (Lipinski definition) is 0. The van der Waals surface area contributed by atoms with Gasteiger partial charge in [-0.05, 0) is 44.9 Å². The molecule has 0 aromatic carbocycles. The van der Waals surface area contributed by atoms with Crippen LogP contribution in [0.5, 0.6) is 0 Å². The fraction of sp³-hybridized carbons (Fsp3) is 0.863. The minimum atomic E-state index is -0.767. The summed E-state index contributed by atoms with van der Waals surface area (Å²) < 4.78 is 16.8. The van der Waals surface area contributed by atoms with Gasteiger partial charge < -0.3 is 14.2 Å². The van der Waals surface area contributed by atoms with Crippen molar-refractivity contribution < 1.29 is 28.6 Å². The van der Waals surface area contributed by atoms with E-state index < -0.39 is 6.10 Å². The van der Waals surface area contributed by atoms with Crippen molar-refractivity contribution in [3.8, 4) is 0 Å². The third kappa shape index (κ3) is 44.8. The first-order valence-corrected chi connectivity index (χ1v) is 24.8. The van der Waals surface area contributed by atoms with Gasteiger partial charge in [-0.25, -0.2) is 0 Å². The molecule has 0 saturated carbocycles. The van der Waals surface area contributed by atoms with E-state index in [1.54, 1.807) is 0 Å². The molecule has 0 heterocycles. The minimum Gasteiger partial charge on any atom is -0.462 e. The van der Waals surface area contributed by atoms with E-state index in [4.69, 9.17) is 14.2 Å². The Bertz CT molecular complexity index is 927. The number of hydrogen-bond acceptors (Lipinski definition) is 6. The highest BCUT2D eigenvalue weighted by molar-refractivity contribution is 5.71. The summed E-state index contributed by atoms with van der Waals surface area (Å²) >= 11 is 0. The van der Waals surface area contributed by atoms with E-state index in [0.29, 0.717) is 19.3 Å². The number of allylic oxidation sites excluding steroid dienone is 4. The maximum atomic E-state index is 12.8. The third-order valence-corrected chi connectivity index (χ3v) is 11.0. The largest absolute Gasteiger partial charge is 0.462 e. The van der Waals surface area contributed by atoms with Crippen LogP contribution in [0, 0.1) is 0 Å². The molecule has 0 rings (SSSR count). The number of carbonyl (C=O) groups excluding carboxylic acids is 3. The zero-order valence-corrected chi connectivity index (χ0v) is 38.1. The fourth-order valence-electron chi connectivity index (χ4n) is 7.25. The van der Waals surface area contributed by atoms with Gasteiger partial charge in [0, 0.05) is 19.3 Å². The molecular formula is C51H94O6. The van der Waals surface area contributed by atoms with E-state index in [1.165, 1.54) is 148 Å². The fourth-order valence-corrected chi connectivity index (χ4v) is 7.25. The molecule has 0 saturated heterocycles. The number of carbonyl (C=O) groups is 3. The van der Waals surface area contributed by atoms with Crippen LogP contribution in [-0.4, -0.2) is 37.2 Å². The number of esters is 3. The van der Waals surface area contributed by atoms with Gasteiger partial charge in [0.25, 0.3) is 0 Å². The Morgan fingerprint density at radius 2 is 0.684 bits per heavy atom. The second-order valence-electron chi connectivity index (χ2n) is 16.7. The molecule has 0 bridgehead atoms. The zero-order valence-electron chi connectivity index (χ0n) is 38.1. The number of rotatable bonds is 45. The van der Waals surface area contributed by atoms with Crippen molar-refractivity contribution in [1.29, 1.82) is 0 Å². The van der Waals surface area contributed by atoms with Crippen LogP contribution in [0.2, 0.25) is 0 Å². The molecule has 0 fully saturated rings. The Morgan fingerprint density at radius 3 is 1.05 bits per heavy atom. The van der Waals surface area contributed by atoms with Crippen LogP contribution in [0.4, 0.5) is 0 Å². The zero-order chi connectivity index (χ0) is 41.5. The summed E-state index contributed by atoms with van der Waals surface area (Å²) in [6.07, 6.45) is 51.6. The molecule has 6 nitrogen and oxygen atoms in total. The summed E-state index contributed by atoms with van der Waals surface area (Å²) in [6, 6.07) is 0. The van der Waals surface area contributed by atoms with E-state index in [1.807, 2.05) is 0 Å². The smallest absolute Gasteiger partial charge is 0.306 e. The molecule has 1 atom stereocenters. The lowest BCUT2D eigenvalue weighted by Crippen LogP contribution is -2.30. The lowest BCUT2D eigenvalue weighted by atomic mass is 10.0. The molecule has 334 valence electrons. The summed E-state index contributed by atoms with van der Waals surface area (Å²) in [7, 11) is 0. The van der Waals surface area contributed by atoms with Crippen LogP contribution >= 0.6 is 0 Å². The van der Waals surface area contributed by atoms with Gasteiger partial charge in [-0.2, -0.15) is 0 Å². The van der Waals surface area contributed by atoms with Gasteiger partial charge in [0.15, 0.2) is 6.10 Å². The number of unbranched alkanes of at least 4 members (excludes halogenated alkanes) is 30. The molecule has 0 radical (unpaired) electrons. The Balaban J connectivity index is 4.34. The monoisotopic (exact) mass is 803 g/mol. The van der Waals surface area contributed by atoms with Crippen molar-refractivity contribution in [2.75, 3.05) is 13.2 Å². The van der Waals surface area contributed by atoms with Gasteiger partial charge in [0.1, 0.15) is 13.2 Å². The third-order valence-electron chi connectivity index (χ3n) is 11.0. The Morgan fingerprint density at radius 1 is 0.368 bits per heavy atom. The first-order valence-electron chi connectivity index (χ1n) is 24.8. The first kappa shape index (κ1) is 54.9. The van der Waals surface area contributed by atoms with Gasteiger partial charge in [-0.15, -0.1) is 0 Å². The number of ether oxygens (including phenoxy) is 3. The standard InChI is InChI=1S/C51H94O6/c1-4-7-10-13-16-19-22-24-26-29-32-35-38-41-44-50(53)56-47-48(46-55-49(52)43-40-37-34-31-28-21-18-15-12-9-6-3)57-51(54)45-42-39-36-33-30-27-25-23-20-17-14-11-8-5-2/h7,10,16,19,48H,4-6,8-9,11-15,17-18,20-47H2,1-3H3/b10-7-,19-16-. The van der Waals surface area contributed by atoms with Crippen LogP contribution in [0.3, 0.4) is 0 Å². The quantitative estimate of drug-likeness (QED) is 0.0264. The Kier molecular flexibility index (Phi) is 44.9. The van der Waals surface area contributed by atoms with E-state index in [-0.39, 0.29) is 31.1 Å². The molecular weight excluding hydrogens is 709 g/mol. The van der Waals surface area contributed by atoms with Crippen LogP contribution in [0.15, 0.2) is 24.3 Å². The highest BCUT2D eigenvalue weighted by Gasteiger charge is 2.19. The summed E-state index contributed by atoms with van der Waals surface area (Å²) in [4.78, 5) is 37.8. The van der Waals surface area contributed by atoms with E-state index in [9.17, 15) is 14.4 Å². The summed E-state index contributed by atoms with van der Waals surface area (Å²) in [5.74, 6) is -0.867. The molecule has 57 heavy (non-hydrogen) atoms. The highest BCUT2D eigenvalue weighted by atomic mass is 16.6. The van der Waals surface area contributed by atoms with Crippen LogP contribution in [0.1, 0.15) is 265 Å². The van der Waals surface area contributed by atoms with Crippen molar-refractivity contribution in [2.45, 2.75) is 271 Å². The van der Waals surface area contributed by atoms with E-state index in [2.05, 4.69) is 45.1 Å². The van der Waals surface area contributed by atoms with Crippen molar-refractivity contribution in [3.05, 3.63) is 24.3 Å². The minimum absolute atomic E-state index is 0.0691. The van der Waals surface area contributed by atoms with Gasteiger partial charge in [-0.3, -0.25) is 14.4 Å². The maximum absolute atomic E-state index is 12.8. The predicted octanol–water partition coefficient (Wildman–Crippen LogP) is 16.0. The van der Waals surface area contributed by atoms with Crippen molar-refractivity contribution in [2.24, 2.45) is 0 Å². The van der Waals surface area contributed by atoms with Gasteiger partial charge in [0.2, 0.25) is 0 Å². The molecule has 0 N–H and O–H groups in total. The molecule has 0 aliphatic carbocycles. The van der Waals surface area contributed by atoms with Crippen molar-refractivity contribution >= 4 is 17.9 Å². The van der Waals surface area contributed by atoms with Gasteiger partial charge in [-0.1, -0.05) is 225 Å².